The quantitative estimate of drug-likeness (QED) is 0.196. The molecule has 14 heteroatoms. The summed E-state index contributed by atoms with van der Waals surface area (Å²) in [6, 6.07) is 16.1. The monoisotopic (exact) mass is 685 g/mol. The lowest BCUT2D eigenvalue weighted by molar-refractivity contribution is -0.137. The van der Waals surface area contributed by atoms with E-state index >= 15 is 0 Å². The summed E-state index contributed by atoms with van der Waals surface area (Å²) >= 11 is 0. The molecule has 0 amide bonds. The first-order valence-corrected chi connectivity index (χ1v) is 16.9. The highest BCUT2D eigenvalue weighted by molar-refractivity contribution is 7.89. The van der Waals surface area contributed by atoms with E-state index in [1.54, 1.807) is 18.2 Å². The summed E-state index contributed by atoms with van der Waals surface area (Å²) in [5, 5.41) is 0. The highest BCUT2D eigenvalue weighted by Gasteiger charge is 2.39. The highest BCUT2D eigenvalue weighted by atomic mass is 32.2. The fourth-order valence-corrected chi connectivity index (χ4v) is 7.74. The van der Waals surface area contributed by atoms with Gasteiger partial charge in [0.05, 0.1) is 22.2 Å². The lowest BCUT2D eigenvalue weighted by Gasteiger charge is -2.36. The van der Waals surface area contributed by atoms with Crippen LogP contribution < -0.4 is 9.80 Å². The summed E-state index contributed by atoms with van der Waals surface area (Å²) in [6.07, 6.45) is -3.52. The molecule has 0 bridgehead atoms. The molecule has 48 heavy (non-hydrogen) atoms. The maximum Gasteiger partial charge on any atom is 0.416 e. The Labute approximate surface area is 274 Å². The fraction of sp³-hybridized carbons (Fsp3) is 0.324. The first-order valence-electron chi connectivity index (χ1n) is 15.5. The lowest BCUT2D eigenvalue weighted by Crippen LogP contribution is -2.47. The number of hydrogen-bond acceptors (Lipinski definition) is 7. The van der Waals surface area contributed by atoms with Crippen LogP contribution in [0.15, 0.2) is 83.8 Å². The van der Waals surface area contributed by atoms with E-state index in [9.17, 15) is 35.2 Å². The predicted molar refractivity (Wildman–Crippen MR) is 170 cm³/mol. The number of benzene rings is 3. The van der Waals surface area contributed by atoms with E-state index in [1.165, 1.54) is 40.7 Å². The van der Waals surface area contributed by atoms with Crippen LogP contribution in [0.25, 0.3) is 11.3 Å². The van der Waals surface area contributed by atoms with Gasteiger partial charge in [-0.05, 0) is 86.0 Å². The maximum atomic E-state index is 13.5. The number of aromatic nitrogens is 2. The van der Waals surface area contributed by atoms with Crippen LogP contribution in [0.3, 0.4) is 0 Å². The minimum absolute atomic E-state index is 0.0264. The van der Waals surface area contributed by atoms with Crippen LogP contribution in [0, 0.1) is 11.6 Å². The Hall–Kier alpha value is -4.43. The molecular formula is C34H32F5N5O3S. The Kier molecular flexibility index (Phi) is 9.48. The molecule has 2 fully saturated rings. The van der Waals surface area contributed by atoms with Crippen molar-refractivity contribution in [3.63, 3.8) is 0 Å². The van der Waals surface area contributed by atoms with Gasteiger partial charge in [-0.25, -0.2) is 27.2 Å². The number of rotatable bonds is 9. The number of hydrogen-bond donors (Lipinski definition) is 0. The van der Waals surface area contributed by atoms with Crippen molar-refractivity contribution in [1.82, 2.24) is 14.3 Å². The van der Waals surface area contributed by atoms with Crippen LogP contribution in [0.5, 0.6) is 0 Å². The second-order valence-corrected chi connectivity index (χ2v) is 13.7. The van der Waals surface area contributed by atoms with Gasteiger partial charge in [0.1, 0.15) is 11.6 Å². The van der Waals surface area contributed by atoms with Crippen molar-refractivity contribution in [3.05, 3.63) is 102 Å². The van der Waals surface area contributed by atoms with Gasteiger partial charge in [-0.15, -0.1) is 0 Å². The molecule has 0 saturated carbocycles. The second-order valence-electron chi connectivity index (χ2n) is 11.8. The van der Waals surface area contributed by atoms with E-state index in [4.69, 9.17) is 4.98 Å². The average molecular weight is 686 g/mol. The Bertz CT molecular complexity index is 1860. The van der Waals surface area contributed by atoms with Crippen molar-refractivity contribution in [2.45, 2.75) is 42.8 Å². The molecule has 2 saturated heterocycles. The Morgan fingerprint density at radius 2 is 1.40 bits per heavy atom. The van der Waals surface area contributed by atoms with Gasteiger partial charge in [0.2, 0.25) is 16.0 Å². The number of ketones is 1. The number of anilines is 2. The molecule has 6 rings (SSSR count). The maximum absolute atomic E-state index is 13.5. The SMILES string of the molecule is O=C(CCc1cc(-c2ccc(C(F)(F)F)cc2)nc(N2CCN(c3ccc(F)cc3)CC2)n1)[C@@H]1CCCN1S(=O)(=O)c1ccc(F)cc1. The van der Waals surface area contributed by atoms with Crippen molar-refractivity contribution >= 4 is 27.4 Å². The zero-order valence-corrected chi connectivity index (χ0v) is 26.5. The molecule has 252 valence electrons. The normalized spacial score (nSPS) is 17.6. The number of carbonyl (C=O) groups excluding carboxylic acids is 1. The smallest absolute Gasteiger partial charge is 0.368 e. The molecule has 3 aromatic carbocycles. The molecule has 2 aliphatic rings. The van der Waals surface area contributed by atoms with Gasteiger partial charge in [0.15, 0.2) is 5.78 Å². The van der Waals surface area contributed by atoms with Crippen LogP contribution in [0.4, 0.5) is 33.6 Å². The number of nitrogens with zero attached hydrogens (tertiary/aromatic N) is 5. The molecule has 2 aliphatic heterocycles. The molecule has 0 radical (unpaired) electrons. The van der Waals surface area contributed by atoms with Crippen molar-refractivity contribution in [1.29, 1.82) is 0 Å². The Morgan fingerprint density at radius 3 is 2.02 bits per heavy atom. The number of aryl methyl sites for hydroxylation is 1. The molecule has 1 atom stereocenters. The zero-order chi connectivity index (χ0) is 34.1. The number of Topliss-reactive ketones (excluding diaryl/α,β-unsaturated/α-hetero) is 1. The van der Waals surface area contributed by atoms with Crippen molar-refractivity contribution in [3.8, 4) is 11.3 Å². The summed E-state index contributed by atoms with van der Waals surface area (Å²) in [4.78, 5) is 26.8. The molecular weight excluding hydrogens is 653 g/mol. The summed E-state index contributed by atoms with van der Waals surface area (Å²) in [5.41, 5.74) is 1.39. The third-order valence-electron chi connectivity index (χ3n) is 8.65. The molecule has 0 spiro atoms. The number of carbonyl (C=O) groups is 1. The van der Waals surface area contributed by atoms with Gasteiger partial charge >= 0.3 is 6.18 Å². The summed E-state index contributed by atoms with van der Waals surface area (Å²) in [7, 11) is -4.03. The van der Waals surface area contributed by atoms with Crippen molar-refractivity contribution in [2.75, 3.05) is 42.5 Å². The van der Waals surface area contributed by atoms with Gasteiger partial charge in [-0.1, -0.05) is 12.1 Å². The van der Waals surface area contributed by atoms with Crippen molar-refractivity contribution < 1.29 is 35.2 Å². The standard InChI is InChI=1S/C34H32F5N5O3S/c35-25-7-12-28(13-8-25)42-18-20-43(21-19-42)33-40-27(22-30(41-33)23-3-5-24(6-4-23)34(37,38)39)11-16-32(45)31-2-1-17-44(31)48(46,47)29-14-9-26(36)10-15-29/h3-10,12-15,22,31H,1-2,11,16-21H2/t31-/m0/s1. The van der Waals surface area contributed by atoms with E-state index < -0.39 is 33.6 Å². The number of halogens is 5. The van der Waals surface area contributed by atoms with Gasteiger partial charge in [-0.3, -0.25) is 4.79 Å². The minimum atomic E-state index is -4.50. The van der Waals surface area contributed by atoms with Gasteiger partial charge in [0, 0.05) is 56.1 Å². The summed E-state index contributed by atoms with van der Waals surface area (Å²) in [5.74, 6) is -0.831. The molecule has 3 heterocycles. The van der Waals surface area contributed by atoms with Gasteiger partial charge in [-0.2, -0.15) is 17.5 Å². The first-order chi connectivity index (χ1) is 22.9. The summed E-state index contributed by atoms with van der Waals surface area (Å²) < 4.78 is 94.4. The molecule has 0 aliphatic carbocycles. The van der Waals surface area contributed by atoms with E-state index in [2.05, 4.69) is 9.88 Å². The fourth-order valence-electron chi connectivity index (χ4n) is 6.06. The molecule has 8 nitrogen and oxygen atoms in total. The Balaban J connectivity index is 1.22. The van der Waals surface area contributed by atoms with Crippen LogP contribution in [-0.2, 0) is 27.4 Å². The van der Waals surface area contributed by atoms with Gasteiger partial charge < -0.3 is 9.80 Å². The van der Waals surface area contributed by atoms with E-state index in [0.717, 1.165) is 30.0 Å². The average Bonchev–Trinajstić information content (AvgIpc) is 3.59. The Morgan fingerprint density at radius 1 is 0.792 bits per heavy atom. The van der Waals surface area contributed by atoms with Crippen LogP contribution >= 0.6 is 0 Å². The van der Waals surface area contributed by atoms with Crippen LogP contribution in [0.2, 0.25) is 0 Å². The first kappa shape index (κ1) is 33.5. The van der Waals surface area contributed by atoms with Crippen LogP contribution in [-0.4, -0.2) is 67.2 Å². The number of piperazine rings is 1. The second kappa shape index (κ2) is 13.6. The number of sulfonamides is 1. The van der Waals surface area contributed by atoms with Crippen molar-refractivity contribution in [2.24, 2.45) is 0 Å². The van der Waals surface area contributed by atoms with E-state index in [0.29, 0.717) is 61.9 Å². The predicted octanol–water partition coefficient (Wildman–Crippen LogP) is 6.12. The minimum Gasteiger partial charge on any atom is -0.368 e. The van der Waals surface area contributed by atoms with Gasteiger partial charge in [0.25, 0.3) is 0 Å². The summed E-state index contributed by atoms with van der Waals surface area (Å²) in [6.45, 7) is 2.38. The largest absolute Gasteiger partial charge is 0.416 e. The lowest BCUT2D eigenvalue weighted by atomic mass is 10.0. The molecule has 0 N–H and O–H groups in total. The zero-order valence-electron chi connectivity index (χ0n) is 25.7. The molecule has 1 aromatic heterocycles. The third kappa shape index (κ3) is 7.34. The van der Waals surface area contributed by atoms with E-state index in [1.807, 2.05) is 4.90 Å². The number of alkyl halides is 3. The molecule has 0 unspecified atom stereocenters. The third-order valence-corrected chi connectivity index (χ3v) is 10.6. The topological polar surface area (TPSA) is 86.7 Å². The highest BCUT2D eigenvalue weighted by Crippen LogP contribution is 2.32. The van der Waals surface area contributed by atoms with Crippen LogP contribution in [0.1, 0.15) is 30.5 Å². The molecule has 4 aromatic rings. The van der Waals surface area contributed by atoms with E-state index in [-0.39, 0.29) is 35.9 Å².